The lowest BCUT2D eigenvalue weighted by atomic mass is 10.1. The molecule has 0 bridgehead atoms. The molecule has 3 aromatic carbocycles. The monoisotopic (exact) mass is 547 g/mol. The van der Waals surface area contributed by atoms with Gasteiger partial charge in [0.2, 0.25) is 11.8 Å². The maximum atomic E-state index is 13.3. The van der Waals surface area contributed by atoms with Crippen molar-refractivity contribution in [3.8, 4) is 5.75 Å². The molecule has 4 aromatic rings. The Balaban J connectivity index is 1.49. The highest BCUT2D eigenvalue weighted by Gasteiger charge is 2.23. The van der Waals surface area contributed by atoms with Crippen LogP contribution >= 0.6 is 0 Å². The number of aromatic nitrogens is 1. The number of methoxy groups -OCH3 is 1. The maximum absolute atomic E-state index is 13.3. The minimum absolute atomic E-state index is 0.0103. The summed E-state index contributed by atoms with van der Waals surface area (Å²) in [5.41, 5.74) is 3.22. The van der Waals surface area contributed by atoms with Gasteiger partial charge in [-0.1, -0.05) is 30.3 Å². The third-order valence-corrected chi connectivity index (χ3v) is 8.03. The molecule has 1 unspecified atom stereocenters. The molecule has 9 heteroatoms. The largest absolute Gasteiger partial charge is 0.497 e. The molecule has 3 N–H and O–H groups in total. The fourth-order valence-electron chi connectivity index (χ4n) is 4.63. The van der Waals surface area contributed by atoms with Crippen LogP contribution in [0.5, 0.6) is 5.75 Å². The van der Waals surface area contributed by atoms with Crippen molar-refractivity contribution in [2.24, 2.45) is 0 Å². The van der Waals surface area contributed by atoms with Gasteiger partial charge in [-0.3, -0.25) is 18.6 Å². The first-order valence-corrected chi connectivity index (χ1v) is 14.3. The number of aryl methyl sites for hydroxylation is 1. The van der Waals surface area contributed by atoms with Crippen molar-refractivity contribution >= 4 is 55.8 Å². The van der Waals surface area contributed by atoms with E-state index in [-0.39, 0.29) is 41.9 Å². The number of nitrogens with one attached hydrogen (secondary N) is 3. The van der Waals surface area contributed by atoms with Crippen LogP contribution in [-0.2, 0) is 31.6 Å². The Kier molecular flexibility index (Phi) is 9.14. The number of carbonyl (C=O) groups is 3. The number of ketones is 1. The van der Waals surface area contributed by atoms with Gasteiger partial charge in [-0.2, -0.15) is 0 Å². The van der Waals surface area contributed by atoms with Gasteiger partial charge >= 0.3 is 0 Å². The number of amides is 2. The normalized spacial score (nSPS) is 12.7. The van der Waals surface area contributed by atoms with Gasteiger partial charge in [-0.05, 0) is 73.4 Å². The lowest BCUT2D eigenvalue weighted by Gasteiger charge is -2.19. The Morgan fingerprint density at radius 1 is 1.03 bits per heavy atom. The van der Waals surface area contributed by atoms with E-state index in [1.807, 2.05) is 67.6 Å². The van der Waals surface area contributed by atoms with Crippen LogP contribution in [0.3, 0.4) is 0 Å². The predicted molar refractivity (Wildman–Crippen MR) is 156 cm³/mol. The number of aromatic amines is 1. The second-order valence-electron chi connectivity index (χ2n) is 9.62. The van der Waals surface area contributed by atoms with Gasteiger partial charge in [0.1, 0.15) is 17.6 Å². The second kappa shape index (κ2) is 12.7. The number of ether oxygens (including phenoxy) is 1. The molecule has 0 spiro atoms. The molecular formula is C30H33N3O5S. The number of fused-ring (bicyclic) bond motifs is 2. The first-order valence-electron chi connectivity index (χ1n) is 12.8. The molecule has 0 fully saturated rings. The average Bonchev–Trinajstić information content (AvgIpc) is 3.21. The molecule has 0 radical (unpaired) electrons. The van der Waals surface area contributed by atoms with E-state index >= 15 is 0 Å². The van der Waals surface area contributed by atoms with Crippen molar-refractivity contribution in [1.29, 1.82) is 0 Å². The predicted octanol–water partition coefficient (Wildman–Crippen LogP) is 4.42. The molecule has 1 heterocycles. The number of Topliss-reactive ketones (excluding diaryl/α,β-unsaturated/α-hetero) is 1. The molecule has 0 saturated carbocycles. The SMILES string of the molecule is COc1ccc2[nH]c(C)c(CC(=O)N[C@@H](CCCS(=O)CC(C)=O)C(=O)Nc3ccc4ccccc4c3)c2c1. The fraction of sp³-hybridized carbons (Fsp3) is 0.300. The zero-order valence-corrected chi connectivity index (χ0v) is 23.2. The summed E-state index contributed by atoms with van der Waals surface area (Å²) in [7, 11) is 0.288. The van der Waals surface area contributed by atoms with Gasteiger partial charge in [0.25, 0.3) is 0 Å². The number of benzene rings is 3. The summed E-state index contributed by atoms with van der Waals surface area (Å²) in [6.45, 7) is 3.31. The van der Waals surface area contributed by atoms with Gasteiger partial charge in [-0.25, -0.2) is 0 Å². The summed E-state index contributed by atoms with van der Waals surface area (Å²) in [6, 6.07) is 18.3. The van der Waals surface area contributed by atoms with Crippen molar-refractivity contribution in [3.05, 3.63) is 71.9 Å². The molecule has 2 amide bonds. The first-order chi connectivity index (χ1) is 18.7. The Bertz CT molecular complexity index is 1540. The smallest absolute Gasteiger partial charge is 0.246 e. The molecule has 0 aliphatic carbocycles. The number of hydrogen-bond acceptors (Lipinski definition) is 5. The van der Waals surface area contributed by atoms with Crippen LogP contribution in [-0.4, -0.2) is 51.4 Å². The van der Waals surface area contributed by atoms with Crippen molar-refractivity contribution in [3.63, 3.8) is 0 Å². The Morgan fingerprint density at radius 3 is 2.54 bits per heavy atom. The molecule has 39 heavy (non-hydrogen) atoms. The molecule has 0 aliphatic heterocycles. The highest BCUT2D eigenvalue weighted by Crippen LogP contribution is 2.27. The van der Waals surface area contributed by atoms with Crippen LogP contribution < -0.4 is 15.4 Å². The Morgan fingerprint density at radius 2 is 1.79 bits per heavy atom. The minimum atomic E-state index is -1.30. The van der Waals surface area contributed by atoms with Gasteiger partial charge in [0.15, 0.2) is 0 Å². The molecule has 8 nitrogen and oxygen atoms in total. The number of rotatable bonds is 12. The average molecular weight is 548 g/mol. The molecule has 0 aliphatic rings. The van der Waals surface area contributed by atoms with E-state index in [4.69, 9.17) is 4.74 Å². The van der Waals surface area contributed by atoms with E-state index in [0.717, 1.165) is 32.9 Å². The number of anilines is 1. The number of carbonyl (C=O) groups excluding carboxylic acids is 3. The van der Waals surface area contributed by atoms with Gasteiger partial charge < -0.3 is 20.4 Å². The lowest BCUT2D eigenvalue weighted by Crippen LogP contribution is -2.44. The molecule has 204 valence electrons. The van der Waals surface area contributed by atoms with Crippen LogP contribution in [0, 0.1) is 6.92 Å². The lowest BCUT2D eigenvalue weighted by molar-refractivity contribution is -0.126. The van der Waals surface area contributed by atoms with Crippen LogP contribution in [0.4, 0.5) is 5.69 Å². The van der Waals surface area contributed by atoms with E-state index in [2.05, 4.69) is 15.6 Å². The fourth-order valence-corrected chi connectivity index (χ4v) is 5.72. The zero-order chi connectivity index (χ0) is 27.9. The first kappa shape index (κ1) is 28.0. The molecule has 1 aromatic heterocycles. The summed E-state index contributed by atoms with van der Waals surface area (Å²) in [5.74, 6) is 0.158. The van der Waals surface area contributed by atoms with Crippen LogP contribution in [0.2, 0.25) is 0 Å². The van der Waals surface area contributed by atoms with E-state index in [1.165, 1.54) is 6.92 Å². The Labute approximate surface area is 230 Å². The van der Waals surface area contributed by atoms with Crippen molar-refractivity contribution in [1.82, 2.24) is 10.3 Å². The summed E-state index contributed by atoms with van der Waals surface area (Å²) in [5, 5.41) is 8.73. The summed E-state index contributed by atoms with van der Waals surface area (Å²) < 4.78 is 17.5. The topological polar surface area (TPSA) is 117 Å². The van der Waals surface area contributed by atoms with Crippen LogP contribution in [0.25, 0.3) is 21.7 Å². The van der Waals surface area contributed by atoms with Crippen molar-refractivity contribution < 1.29 is 23.3 Å². The van der Waals surface area contributed by atoms with Crippen LogP contribution in [0.15, 0.2) is 60.7 Å². The number of H-pyrrole nitrogens is 1. The highest BCUT2D eigenvalue weighted by atomic mass is 32.2. The van der Waals surface area contributed by atoms with Gasteiger partial charge in [0.05, 0.1) is 19.3 Å². The molecule has 0 saturated heterocycles. The van der Waals surface area contributed by atoms with E-state index < -0.39 is 16.8 Å². The minimum Gasteiger partial charge on any atom is -0.497 e. The van der Waals surface area contributed by atoms with E-state index in [9.17, 15) is 18.6 Å². The standard InChI is InChI=1S/C30H33N3O5S/c1-19(34)18-39(37)14-6-9-28(30(36)32-23-11-10-21-7-4-5-8-22(21)15-23)33-29(35)17-25-20(2)31-27-13-12-24(38-3)16-26(25)27/h4-5,7-8,10-13,15-16,28,31H,6,9,14,17-18H2,1-3H3,(H,32,36)(H,33,35)/t28-,39?/m0/s1. The summed E-state index contributed by atoms with van der Waals surface area (Å²) >= 11 is 0. The third kappa shape index (κ3) is 7.32. The second-order valence-corrected chi connectivity index (χ2v) is 11.2. The van der Waals surface area contributed by atoms with Crippen molar-refractivity contribution in [2.45, 2.75) is 39.2 Å². The van der Waals surface area contributed by atoms with E-state index in [0.29, 0.717) is 17.9 Å². The third-order valence-electron chi connectivity index (χ3n) is 6.56. The van der Waals surface area contributed by atoms with Crippen molar-refractivity contribution in [2.75, 3.05) is 23.9 Å². The summed E-state index contributed by atoms with van der Waals surface area (Å²) in [4.78, 5) is 41.1. The Hall–Kier alpha value is -3.98. The number of hydrogen-bond donors (Lipinski definition) is 3. The maximum Gasteiger partial charge on any atom is 0.246 e. The summed E-state index contributed by atoms with van der Waals surface area (Å²) in [6.07, 6.45) is 0.782. The molecule has 4 rings (SSSR count). The molecular weight excluding hydrogens is 514 g/mol. The quantitative estimate of drug-likeness (QED) is 0.243. The van der Waals surface area contributed by atoms with Crippen LogP contribution in [0.1, 0.15) is 31.0 Å². The zero-order valence-electron chi connectivity index (χ0n) is 22.3. The van der Waals surface area contributed by atoms with E-state index in [1.54, 1.807) is 7.11 Å². The van der Waals surface area contributed by atoms with Gasteiger partial charge in [0, 0.05) is 38.8 Å². The molecule has 2 atom stereocenters. The highest BCUT2D eigenvalue weighted by molar-refractivity contribution is 7.85. The van der Waals surface area contributed by atoms with Gasteiger partial charge in [-0.15, -0.1) is 0 Å².